The number of benzene rings is 3. The molecule has 0 saturated carbocycles. The number of hydrogen-bond donors (Lipinski definition) is 10. The van der Waals surface area contributed by atoms with Crippen LogP contribution in [0.5, 0.6) is 11.5 Å². The molecule has 6 atom stereocenters. The topological polar surface area (TPSA) is 309 Å². The number of nitrogens with one attached hydrogen (secondary N) is 10. The summed E-state index contributed by atoms with van der Waals surface area (Å²) < 4.78 is 11.1. The number of likely N-dealkylation sites (N-methyl/N-ethyl adjacent to an activating group) is 1. The molecule has 0 saturated heterocycles. The molecular formula is C54H76N10O12. The Morgan fingerprint density at radius 3 is 1.86 bits per heavy atom. The third-order valence-electron chi connectivity index (χ3n) is 12.2. The van der Waals surface area contributed by atoms with Crippen LogP contribution >= 0.6 is 0 Å². The maximum Gasteiger partial charge on any atom is 0.313 e. The highest BCUT2D eigenvalue weighted by atomic mass is 16.5. The van der Waals surface area contributed by atoms with Crippen molar-refractivity contribution in [3.63, 3.8) is 0 Å². The summed E-state index contributed by atoms with van der Waals surface area (Å²) in [7, 11) is 2.75. The third kappa shape index (κ3) is 19.7. The molecule has 76 heavy (non-hydrogen) atoms. The van der Waals surface area contributed by atoms with Gasteiger partial charge in [-0.15, -0.1) is 0 Å². The van der Waals surface area contributed by atoms with E-state index in [9.17, 15) is 47.9 Å². The van der Waals surface area contributed by atoms with E-state index in [4.69, 9.17) is 9.47 Å². The highest BCUT2D eigenvalue weighted by molar-refractivity contribution is 6.39. The van der Waals surface area contributed by atoms with E-state index in [2.05, 4.69) is 53.4 Å². The Hall–Kier alpha value is -8.04. The van der Waals surface area contributed by atoms with Crippen molar-refractivity contribution in [2.24, 2.45) is 17.8 Å². The molecule has 0 heterocycles. The number of ether oxygens (including phenoxy) is 2. The Bertz CT molecular complexity index is 2490. The zero-order valence-electron chi connectivity index (χ0n) is 45.1. The summed E-state index contributed by atoms with van der Waals surface area (Å²) in [6.07, 6.45) is 1.86. The van der Waals surface area contributed by atoms with Crippen LogP contribution in [0.2, 0.25) is 0 Å². The lowest BCUT2D eigenvalue weighted by molar-refractivity contribution is -0.136. The fourth-order valence-corrected chi connectivity index (χ4v) is 7.33. The average molecular weight is 1060 g/mol. The van der Waals surface area contributed by atoms with E-state index in [0.29, 0.717) is 24.3 Å². The second-order valence-corrected chi connectivity index (χ2v) is 18.8. The van der Waals surface area contributed by atoms with Gasteiger partial charge in [0.2, 0.25) is 35.4 Å². The summed E-state index contributed by atoms with van der Waals surface area (Å²) in [4.78, 5) is 134. The van der Waals surface area contributed by atoms with Crippen LogP contribution in [0.3, 0.4) is 0 Å². The van der Waals surface area contributed by atoms with Crippen molar-refractivity contribution in [2.45, 2.75) is 124 Å². The molecule has 0 unspecified atom stereocenters. The summed E-state index contributed by atoms with van der Waals surface area (Å²) in [6, 6.07) is 13.4. The number of unbranched alkanes of at least 4 members (excludes halogenated alkanes) is 1. The zero-order chi connectivity index (χ0) is 56.5. The van der Waals surface area contributed by atoms with Crippen molar-refractivity contribution in [3.05, 3.63) is 89.5 Å². The van der Waals surface area contributed by atoms with Gasteiger partial charge in [-0.05, 0) is 73.9 Å². The number of rotatable bonds is 28. The first-order chi connectivity index (χ1) is 36.1. The lowest BCUT2D eigenvalue weighted by Gasteiger charge is -2.29. The first kappa shape index (κ1) is 62.3. The summed E-state index contributed by atoms with van der Waals surface area (Å²) in [5, 5.41) is 21.1. The van der Waals surface area contributed by atoms with Gasteiger partial charge >= 0.3 is 11.8 Å². The second kappa shape index (κ2) is 31.6. The third-order valence-corrected chi connectivity index (χ3v) is 12.2. The molecule has 0 fully saturated rings. The molecule has 10 N–H and O–H groups in total. The van der Waals surface area contributed by atoms with Crippen LogP contribution < -0.4 is 62.9 Å². The fourth-order valence-electron chi connectivity index (χ4n) is 7.33. The minimum Gasteiger partial charge on any atom is -0.496 e. The van der Waals surface area contributed by atoms with E-state index in [1.165, 1.54) is 39.3 Å². The van der Waals surface area contributed by atoms with Gasteiger partial charge in [0.15, 0.2) is 0 Å². The molecule has 22 nitrogen and oxygen atoms in total. The number of anilines is 1. The predicted octanol–water partition coefficient (Wildman–Crippen LogP) is 2.57. The lowest BCUT2D eigenvalue weighted by Crippen LogP contribution is -2.60. The molecule has 3 aromatic rings. The maximum atomic E-state index is 14.6. The fraction of sp³-hybridized carbons (Fsp3) is 0.481. The van der Waals surface area contributed by atoms with E-state index < -0.39 is 107 Å². The lowest BCUT2D eigenvalue weighted by atomic mass is 9.96. The van der Waals surface area contributed by atoms with Crippen LogP contribution in [0, 0.1) is 17.8 Å². The van der Waals surface area contributed by atoms with Gasteiger partial charge in [0.25, 0.3) is 11.8 Å². The van der Waals surface area contributed by atoms with Gasteiger partial charge < -0.3 is 52.0 Å². The molecule has 0 spiro atoms. The number of carbonyl (C=O) groups is 10. The van der Waals surface area contributed by atoms with Crippen molar-refractivity contribution in [1.29, 1.82) is 0 Å². The van der Waals surface area contributed by atoms with Gasteiger partial charge in [0, 0.05) is 31.6 Å². The van der Waals surface area contributed by atoms with Crippen LogP contribution in [0.4, 0.5) is 5.69 Å². The smallest absolute Gasteiger partial charge is 0.313 e. The molecule has 0 aliphatic rings. The highest BCUT2D eigenvalue weighted by Gasteiger charge is 2.35. The first-order valence-electron chi connectivity index (χ1n) is 25.5. The minimum atomic E-state index is -1.40. The Morgan fingerprint density at radius 1 is 0.579 bits per heavy atom. The quantitative estimate of drug-likeness (QED) is 0.0285. The Labute approximate surface area is 444 Å². The van der Waals surface area contributed by atoms with Gasteiger partial charge in [-0.25, -0.2) is 0 Å². The van der Waals surface area contributed by atoms with E-state index in [-0.39, 0.29) is 48.4 Å². The number of methoxy groups -OCH3 is 1. The number of hydrogen-bond acceptors (Lipinski definition) is 12. The summed E-state index contributed by atoms with van der Waals surface area (Å²) in [5.41, 5.74) is 5.39. The van der Waals surface area contributed by atoms with Crippen molar-refractivity contribution in [3.8, 4) is 11.5 Å². The average Bonchev–Trinajstić information content (AvgIpc) is 3.40. The number of para-hydroxylation sites is 1. The number of carbonyl (C=O) groups excluding carboxylic acids is 10. The Balaban J connectivity index is 1.91. The van der Waals surface area contributed by atoms with Crippen molar-refractivity contribution >= 4 is 64.8 Å². The van der Waals surface area contributed by atoms with E-state index in [1.807, 2.05) is 13.8 Å². The zero-order valence-corrected chi connectivity index (χ0v) is 45.1. The summed E-state index contributed by atoms with van der Waals surface area (Å²) >= 11 is 0. The van der Waals surface area contributed by atoms with Gasteiger partial charge in [0.1, 0.15) is 41.7 Å². The largest absolute Gasteiger partial charge is 0.496 e. The van der Waals surface area contributed by atoms with Crippen LogP contribution in [-0.2, 0) is 44.8 Å². The maximum absolute atomic E-state index is 14.6. The molecule has 0 aromatic heterocycles. The SMILES string of the molecule is CCCCOc1ccccc1C(=O)N[C@@H](C(=O)N[C@H](CCCNC(=O)C(=O)Nc1ccc(OC)c(C(=O)NNC(=O)C(C)C)c1)C(=O)N[C@H](Cc1ccccc1)C(=O)N[C@@H](C(=O)N[C@H](C)C(=O)NC)[C@H](C)CC)C(C)C. The van der Waals surface area contributed by atoms with E-state index >= 15 is 0 Å². The Kier molecular flexibility index (Phi) is 25.9. The molecule has 3 rings (SSSR count). The molecule has 0 aliphatic heterocycles. The summed E-state index contributed by atoms with van der Waals surface area (Å²) in [5.74, 6) is -8.26. The Morgan fingerprint density at radius 2 is 1.22 bits per heavy atom. The second-order valence-electron chi connectivity index (χ2n) is 18.8. The standard InChI is InChI=1S/C54H76N10O12/c1-11-13-28-76-42-24-18-17-22-37(42)47(67)61-43(31(3)4)51(71)59-39(23-19-27-56-53(73)54(74)58-36-25-26-41(75-10)38(30-36)48(68)64-63-45(65)32(5)6)49(69)60-40(29-35-20-15-14-16-21-35)50(70)62-44(33(7)12-2)52(72)57-34(8)46(66)55-9/h14-18,20-22,24-26,30-34,39-40,43-44H,11-13,19,23,27-29H2,1-10H3,(H,55,66)(H,56,73)(H,57,72)(H,58,74)(H,59,71)(H,60,69)(H,61,67)(H,62,70)(H,63,65)(H,64,68)/t33-,34-,39-,40-,43-,44-/m1/s1. The molecule has 414 valence electrons. The molecule has 0 radical (unpaired) electrons. The molecular weight excluding hydrogens is 981 g/mol. The van der Waals surface area contributed by atoms with Gasteiger partial charge in [-0.1, -0.05) is 104 Å². The van der Waals surface area contributed by atoms with Crippen molar-refractivity contribution in [2.75, 3.05) is 32.6 Å². The van der Waals surface area contributed by atoms with E-state index in [0.717, 1.165) is 12.8 Å². The molecule has 10 amide bonds. The number of amides is 10. The van der Waals surface area contributed by atoms with Gasteiger partial charge in [-0.3, -0.25) is 58.8 Å². The highest BCUT2D eigenvalue weighted by Crippen LogP contribution is 2.23. The van der Waals surface area contributed by atoms with Crippen LogP contribution in [0.15, 0.2) is 72.8 Å². The predicted molar refractivity (Wildman–Crippen MR) is 284 cm³/mol. The van der Waals surface area contributed by atoms with Crippen molar-refractivity contribution < 1.29 is 57.4 Å². The van der Waals surface area contributed by atoms with Crippen LogP contribution in [0.25, 0.3) is 0 Å². The van der Waals surface area contributed by atoms with Crippen molar-refractivity contribution in [1.82, 2.24) is 48.1 Å². The molecule has 3 aromatic carbocycles. The molecule has 22 heteroatoms. The molecule has 0 aliphatic carbocycles. The summed E-state index contributed by atoms with van der Waals surface area (Å²) in [6.45, 7) is 13.9. The van der Waals surface area contributed by atoms with Gasteiger partial charge in [-0.2, -0.15) is 0 Å². The normalized spacial score (nSPS) is 13.2. The van der Waals surface area contributed by atoms with Crippen LogP contribution in [-0.4, -0.2) is 117 Å². The first-order valence-corrected chi connectivity index (χ1v) is 25.5. The monoisotopic (exact) mass is 1060 g/mol. The number of hydrazine groups is 1. The van der Waals surface area contributed by atoms with Gasteiger partial charge in [0.05, 0.1) is 24.8 Å². The van der Waals surface area contributed by atoms with E-state index in [1.54, 1.807) is 89.2 Å². The minimum absolute atomic E-state index is 0.0111. The van der Waals surface area contributed by atoms with Crippen LogP contribution in [0.1, 0.15) is 114 Å². The molecule has 0 bridgehead atoms.